The third kappa shape index (κ3) is 3.94. The molecule has 4 aromatic rings. The average molecular weight is 391 g/mol. The average Bonchev–Trinajstić information content (AvgIpc) is 3.17. The van der Waals surface area contributed by atoms with E-state index in [4.69, 9.17) is 9.47 Å². The van der Waals surface area contributed by atoms with Crippen molar-refractivity contribution in [3.63, 3.8) is 0 Å². The molecule has 6 nitrogen and oxygen atoms in total. The zero-order chi connectivity index (χ0) is 19.3. The lowest BCUT2D eigenvalue weighted by atomic mass is 10.2. The Morgan fingerprint density at radius 1 is 1.04 bits per heavy atom. The first-order chi connectivity index (χ1) is 13.7. The maximum atomic E-state index is 12.2. The van der Waals surface area contributed by atoms with Gasteiger partial charge in [0.15, 0.2) is 18.1 Å². The number of aromatic nitrogens is 2. The maximum absolute atomic E-state index is 12.2. The van der Waals surface area contributed by atoms with Gasteiger partial charge in [0, 0.05) is 17.4 Å². The fraction of sp³-hybridized carbons (Fsp3) is 0.0952. The Labute approximate surface area is 165 Å². The lowest BCUT2D eigenvalue weighted by Crippen LogP contribution is -2.20. The minimum absolute atomic E-state index is 0.105. The van der Waals surface area contributed by atoms with E-state index in [0.29, 0.717) is 17.2 Å². The number of carbonyl (C=O) groups is 1. The number of hydrogen-bond donors (Lipinski definition) is 1. The van der Waals surface area contributed by atoms with Crippen LogP contribution in [0, 0.1) is 0 Å². The molecule has 0 aliphatic carbocycles. The van der Waals surface area contributed by atoms with Crippen LogP contribution in [0.5, 0.6) is 11.5 Å². The van der Waals surface area contributed by atoms with E-state index in [0.717, 1.165) is 20.9 Å². The van der Waals surface area contributed by atoms with Crippen LogP contribution in [-0.2, 0) is 4.79 Å². The largest absolute Gasteiger partial charge is 0.493 e. The minimum atomic E-state index is -0.247. The molecule has 140 valence electrons. The summed E-state index contributed by atoms with van der Waals surface area (Å²) in [4.78, 5) is 22.0. The van der Waals surface area contributed by atoms with Crippen LogP contribution in [0.4, 0.5) is 5.69 Å². The van der Waals surface area contributed by atoms with E-state index in [1.54, 1.807) is 25.4 Å². The smallest absolute Gasteiger partial charge is 0.262 e. The van der Waals surface area contributed by atoms with Crippen molar-refractivity contribution in [2.45, 2.75) is 0 Å². The second kappa shape index (κ2) is 8.06. The molecule has 2 heterocycles. The van der Waals surface area contributed by atoms with Crippen LogP contribution < -0.4 is 14.8 Å². The molecule has 1 amide bonds. The number of amides is 1. The van der Waals surface area contributed by atoms with Crippen LogP contribution in [0.2, 0.25) is 0 Å². The number of carbonyl (C=O) groups excluding carboxylic acids is 1. The summed E-state index contributed by atoms with van der Waals surface area (Å²) in [5.41, 5.74) is 2.55. The van der Waals surface area contributed by atoms with Gasteiger partial charge in [-0.2, -0.15) is 0 Å². The first-order valence-electron chi connectivity index (χ1n) is 8.60. The molecule has 2 aromatic heterocycles. The molecule has 0 aliphatic rings. The molecule has 0 unspecified atom stereocenters. The van der Waals surface area contributed by atoms with E-state index in [2.05, 4.69) is 15.3 Å². The Morgan fingerprint density at radius 3 is 2.57 bits per heavy atom. The third-order valence-electron chi connectivity index (χ3n) is 4.01. The predicted octanol–water partition coefficient (Wildman–Crippen LogP) is 4.38. The summed E-state index contributed by atoms with van der Waals surface area (Å²) in [6.45, 7) is -0.105. The predicted molar refractivity (Wildman–Crippen MR) is 110 cm³/mol. The number of ether oxygens (including phenoxy) is 2. The number of benzene rings is 2. The molecule has 28 heavy (non-hydrogen) atoms. The summed E-state index contributed by atoms with van der Waals surface area (Å²) in [6, 6.07) is 18.6. The quantitative estimate of drug-likeness (QED) is 0.528. The summed E-state index contributed by atoms with van der Waals surface area (Å²) in [5.74, 6) is 0.868. The molecule has 0 aliphatic heterocycles. The summed E-state index contributed by atoms with van der Waals surface area (Å²) in [6.07, 6.45) is 1.76. The van der Waals surface area contributed by atoms with Crippen molar-refractivity contribution < 1.29 is 14.3 Å². The third-order valence-corrected chi connectivity index (χ3v) is 5.04. The molecule has 0 radical (unpaired) electrons. The number of nitrogens with zero attached hydrogens (tertiary/aromatic N) is 2. The van der Waals surface area contributed by atoms with E-state index in [1.807, 2.05) is 48.5 Å². The van der Waals surface area contributed by atoms with Gasteiger partial charge >= 0.3 is 0 Å². The highest BCUT2D eigenvalue weighted by Gasteiger charge is 2.09. The summed E-state index contributed by atoms with van der Waals surface area (Å²) >= 11 is 1.54. The van der Waals surface area contributed by atoms with Gasteiger partial charge in [-0.25, -0.2) is 9.97 Å². The number of rotatable bonds is 6. The fourth-order valence-corrected chi connectivity index (χ4v) is 3.58. The highest BCUT2D eigenvalue weighted by molar-refractivity contribution is 7.21. The van der Waals surface area contributed by atoms with Crippen LogP contribution in [0.3, 0.4) is 0 Å². The van der Waals surface area contributed by atoms with Crippen molar-refractivity contribution in [1.29, 1.82) is 0 Å². The van der Waals surface area contributed by atoms with Gasteiger partial charge in [-0.05, 0) is 48.5 Å². The number of fused-ring (bicyclic) bond motifs is 1. The number of methoxy groups -OCH3 is 1. The van der Waals surface area contributed by atoms with Crippen LogP contribution >= 0.6 is 11.3 Å². The van der Waals surface area contributed by atoms with Crippen molar-refractivity contribution >= 4 is 33.3 Å². The van der Waals surface area contributed by atoms with Gasteiger partial charge in [-0.1, -0.05) is 23.5 Å². The van der Waals surface area contributed by atoms with Crippen molar-refractivity contribution in [1.82, 2.24) is 9.97 Å². The maximum Gasteiger partial charge on any atom is 0.262 e. The van der Waals surface area contributed by atoms with Gasteiger partial charge in [0.2, 0.25) is 0 Å². The van der Waals surface area contributed by atoms with Crippen molar-refractivity contribution in [3.8, 4) is 22.1 Å². The highest BCUT2D eigenvalue weighted by Crippen LogP contribution is 2.29. The van der Waals surface area contributed by atoms with Crippen LogP contribution in [0.1, 0.15) is 0 Å². The van der Waals surface area contributed by atoms with Gasteiger partial charge < -0.3 is 14.8 Å². The molecule has 0 fully saturated rings. The van der Waals surface area contributed by atoms with Crippen LogP contribution in [0.25, 0.3) is 20.9 Å². The molecular weight excluding hydrogens is 374 g/mol. The number of para-hydroxylation sites is 2. The Bertz CT molecular complexity index is 1080. The first kappa shape index (κ1) is 17.9. The van der Waals surface area contributed by atoms with E-state index >= 15 is 0 Å². The molecule has 0 bridgehead atoms. The number of pyridine rings is 1. The second-order valence-electron chi connectivity index (χ2n) is 5.91. The topological polar surface area (TPSA) is 73.3 Å². The number of thiazole rings is 1. The van der Waals surface area contributed by atoms with Gasteiger partial charge in [0.1, 0.15) is 15.4 Å². The lowest BCUT2D eigenvalue weighted by molar-refractivity contribution is -0.118. The van der Waals surface area contributed by atoms with E-state index in [1.165, 1.54) is 11.3 Å². The SMILES string of the molecule is COc1ccccc1OCC(=O)Nc1ccc(-c2nc3cccnc3s2)cc1. The van der Waals surface area contributed by atoms with Gasteiger partial charge in [-0.15, -0.1) is 0 Å². The molecule has 0 atom stereocenters. The summed E-state index contributed by atoms with van der Waals surface area (Å²) in [5, 5.41) is 3.72. The van der Waals surface area contributed by atoms with Crippen LogP contribution in [0.15, 0.2) is 66.9 Å². The molecule has 0 saturated carbocycles. The highest BCUT2D eigenvalue weighted by atomic mass is 32.1. The molecular formula is C21H17N3O3S. The molecule has 0 spiro atoms. The first-order valence-corrected chi connectivity index (χ1v) is 9.42. The van der Waals surface area contributed by atoms with E-state index in [-0.39, 0.29) is 12.5 Å². The molecule has 0 saturated heterocycles. The Kier molecular flexibility index (Phi) is 5.16. The monoisotopic (exact) mass is 391 g/mol. The molecule has 7 heteroatoms. The number of anilines is 1. The van der Waals surface area contributed by atoms with Crippen LogP contribution in [-0.4, -0.2) is 29.6 Å². The Morgan fingerprint density at radius 2 is 1.82 bits per heavy atom. The zero-order valence-corrected chi connectivity index (χ0v) is 15.9. The Balaban J connectivity index is 1.39. The van der Waals surface area contributed by atoms with Gasteiger partial charge in [0.25, 0.3) is 5.91 Å². The fourth-order valence-electron chi connectivity index (χ4n) is 2.67. The normalized spacial score (nSPS) is 10.6. The summed E-state index contributed by atoms with van der Waals surface area (Å²) < 4.78 is 10.7. The van der Waals surface area contributed by atoms with E-state index < -0.39 is 0 Å². The van der Waals surface area contributed by atoms with Crippen molar-refractivity contribution in [2.75, 3.05) is 19.0 Å². The number of nitrogens with one attached hydrogen (secondary N) is 1. The molecule has 2 aromatic carbocycles. The minimum Gasteiger partial charge on any atom is -0.493 e. The number of hydrogen-bond acceptors (Lipinski definition) is 6. The Hall–Kier alpha value is -3.45. The molecule has 1 N–H and O–H groups in total. The lowest BCUT2D eigenvalue weighted by Gasteiger charge is -2.10. The van der Waals surface area contributed by atoms with Gasteiger partial charge in [0.05, 0.1) is 7.11 Å². The van der Waals surface area contributed by atoms with E-state index in [9.17, 15) is 4.79 Å². The van der Waals surface area contributed by atoms with Gasteiger partial charge in [-0.3, -0.25) is 4.79 Å². The zero-order valence-electron chi connectivity index (χ0n) is 15.1. The summed E-state index contributed by atoms with van der Waals surface area (Å²) in [7, 11) is 1.56. The standard InChI is InChI=1S/C21H17N3O3S/c1-26-17-6-2-3-7-18(17)27-13-19(25)23-15-10-8-14(9-11-15)20-24-16-5-4-12-22-21(16)28-20/h2-12H,13H2,1H3,(H,23,25). The van der Waals surface area contributed by atoms with Crippen molar-refractivity contribution in [2.24, 2.45) is 0 Å². The molecule has 4 rings (SSSR count). The second-order valence-corrected chi connectivity index (χ2v) is 6.89. The van der Waals surface area contributed by atoms with Crippen molar-refractivity contribution in [3.05, 3.63) is 66.9 Å².